The molecule has 34 heavy (non-hydrogen) atoms. The summed E-state index contributed by atoms with van der Waals surface area (Å²) in [6.07, 6.45) is 5.61. The molecule has 2 aromatic heterocycles. The maximum atomic E-state index is 14.6. The lowest BCUT2D eigenvalue weighted by molar-refractivity contribution is 0.333. The number of fused-ring (bicyclic) bond motifs is 2. The summed E-state index contributed by atoms with van der Waals surface area (Å²) in [5.74, 6) is 2.74. The highest BCUT2D eigenvalue weighted by Gasteiger charge is 2.35. The number of phenols is 1. The zero-order valence-corrected chi connectivity index (χ0v) is 19.1. The number of aromatic nitrogens is 2. The monoisotopic (exact) mass is 459 g/mol. The normalized spacial score (nSPS) is 17.6. The molecule has 1 fully saturated rings. The molecule has 0 bridgehead atoms. The number of phenolic OH excluding ortho intramolecular Hbond substituents is 1. The number of methoxy groups -OCH3 is 1. The summed E-state index contributed by atoms with van der Waals surface area (Å²) < 4.78 is 25.7. The molecule has 2 unspecified atom stereocenters. The third kappa shape index (κ3) is 3.08. The van der Waals surface area contributed by atoms with Gasteiger partial charge in [-0.25, -0.2) is 9.18 Å². The lowest BCUT2D eigenvalue weighted by atomic mass is 9.91. The molecule has 0 radical (unpaired) electrons. The van der Waals surface area contributed by atoms with E-state index in [9.17, 15) is 14.3 Å². The number of hydrogen-bond donors (Lipinski definition) is 1. The minimum absolute atomic E-state index is 0.0130. The Hall–Kier alpha value is -4.12. The second-order valence-electron chi connectivity index (χ2n) is 8.63. The van der Waals surface area contributed by atoms with Crippen LogP contribution >= 0.6 is 0 Å². The highest BCUT2D eigenvalue weighted by molar-refractivity contribution is 6.03. The number of aryl methyl sites for hydroxylation is 1. The van der Waals surface area contributed by atoms with E-state index >= 15 is 0 Å². The van der Waals surface area contributed by atoms with Crippen LogP contribution < -0.4 is 15.3 Å². The van der Waals surface area contributed by atoms with Crippen molar-refractivity contribution < 1.29 is 18.7 Å². The van der Waals surface area contributed by atoms with Crippen LogP contribution in [0.5, 0.6) is 11.8 Å². The summed E-state index contributed by atoms with van der Waals surface area (Å²) in [4.78, 5) is 24.2. The van der Waals surface area contributed by atoms with Gasteiger partial charge in [-0.05, 0) is 43.4 Å². The molecule has 0 spiro atoms. The van der Waals surface area contributed by atoms with E-state index in [1.807, 2.05) is 4.90 Å². The van der Waals surface area contributed by atoms with Crippen LogP contribution in [0.2, 0.25) is 0 Å². The van der Waals surface area contributed by atoms with Crippen molar-refractivity contribution in [2.45, 2.75) is 26.8 Å². The van der Waals surface area contributed by atoms with Crippen molar-refractivity contribution >= 4 is 27.5 Å². The molecule has 4 aromatic rings. The van der Waals surface area contributed by atoms with Crippen molar-refractivity contribution in [3.8, 4) is 35.4 Å². The van der Waals surface area contributed by atoms with Gasteiger partial charge in [-0.15, -0.1) is 6.42 Å². The fourth-order valence-electron chi connectivity index (χ4n) is 4.59. The van der Waals surface area contributed by atoms with Crippen LogP contribution in [0.4, 0.5) is 10.2 Å². The molecule has 8 heteroatoms. The topological polar surface area (TPSA) is 88.7 Å². The highest BCUT2D eigenvalue weighted by atomic mass is 19.1. The van der Waals surface area contributed by atoms with Crippen LogP contribution in [-0.2, 0) is 0 Å². The van der Waals surface area contributed by atoms with Crippen LogP contribution in [0.3, 0.4) is 0 Å². The molecule has 2 atom stereocenters. The summed E-state index contributed by atoms with van der Waals surface area (Å²) >= 11 is 0. The van der Waals surface area contributed by atoms with Gasteiger partial charge in [0, 0.05) is 29.1 Å². The van der Waals surface area contributed by atoms with Gasteiger partial charge in [-0.2, -0.15) is 9.97 Å². The van der Waals surface area contributed by atoms with Crippen LogP contribution in [0.25, 0.3) is 33.0 Å². The Kier molecular flexibility index (Phi) is 4.94. The first-order valence-electron chi connectivity index (χ1n) is 10.8. The molecule has 0 amide bonds. The smallest absolute Gasteiger partial charge is 0.349 e. The second-order valence-corrected chi connectivity index (χ2v) is 8.63. The molecule has 1 aliphatic heterocycles. The number of terminal acetylenes is 1. The lowest BCUT2D eigenvalue weighted by Gasteiger charge is -2.45. The number of hydrogen-bond acceptors (Lipinski definition) is 7. The molecule has 1 aliphatic rings. The first-order chi connectivity index (χ1) is 16.2. The van der Waals surface area contributed by atoms with E-state index < -0.39 is 11.4 Å². The van der Waals surface area contributed by atoms with Crippen molar-refractivity contribution in [3.05, 3.63) is 51.6 Å². The lowest BCUT2D eigenvalue weighted by Crippen LogP contribution is -2.54. The Bertz CT molecular complexity index is 1590. The SMILES string of the molecule is C#Cc1c(F)ccc2cc(O)cc(-c3oc(=O)c4c(N5CC(C)C5C)nc(OC)nc4c3C)c12. The maximum Gasteiger partial charge on any atom is 0.349 e. The van der Waals surface area contributed by atoms with Crippen LogP contribution in [0.15, 0.2) is 33.5 Å². The van der Waals surface area contributed by atoms with Crippen molar-refractivity contribution in [1.82, 2.24) is 9.97 Å². The number of benzene rings is 2. The van der Waals surface area contributed by atoms with Gasteiger partial charge >= 0.3 is 11.6 Å². The van der Waals surface area contributed by atoms with Crippen molar-refractivity contribution in [2.75, 3.05) is 18.6 Å². The Morgan fingerprint density at radius 2 is 2.03 bits per heavy atom. The van der Waals surface area contributed by atoms with E-state index in [0.717, 1.165) is 6.54 Å². The van der Waals surface area contributed by atoms with Crippen LogP contribution in [0, 0.1) is 31.0 Å². The predicted octanol–water partition coefficient (Wildman–Crippen LogP) is 4.39. The number of rotatable bonds is 3. The molecule has 0 aliphatic carbocycles. The molecule has 172 valence electrons. The summed E-state index contributed by atoms with van der Waals surface area (Å²) in [7, 11) is 1.46. The zero-order valence-electron chi connectivity index (χ0n) is 19.1. The minimum atomic E-state index is -0.643. The molecule has 5 rings (SSSR count). The summed E-state index contributed by atoms with van der Waals surface area (Å²) in [5.41, 5.74) is 0.532. The van der Waals surface area contributed by atoms with Crippen molar-refractivity contribution in [2.24, 2.45) is 5.92 Å². The molecule has 1 N–H and O–H groups in total. The fraction of sp³-hybridized carbons (Fsp3) is 0.269. The second kappa shape index (κ2) is 7.73. The van der Waals surface area contributed by atoms with E-state index in [1.54, 1.807) is 6.92 Å². The predicted molar refractivity (Wildman–Crippen MR) is 128 cm³/mol. The zero-order chi connectivity index (χ0) is 24.3. The van der Waals surface area contributed by atoms with Gasteiger partial charge < -0.3 is 19.2 Å². The number of ether oxygens (including phenoxy) is 1. The van der Waals surface area contributed by atoms with Gasteiger partial charge in [0.2, 0.25) is 0 Å². The van der Waals surface area contributed by atoms with Gasteiger partial charge in [0.05, 0.1) is 18.2 Å². The van der Waals surface area contributed by atoms with Gasteiger partial charge in [0.25, 0.3) is 0 Å². The standard InChI is InChI=1S/C26H22FN3O4/c1-6-17-19(27)8-7-15-9-16(31)10-18(20(15)17)23-13(3)22-21(25(32)34-23)24(29-26(28-22)33-5)30-11-12(2)14(30)4/h1,7-10,12,14,31H,11H2,2-5H3. The van der Waals surface area contributed by atoms with Crippen LogP contribution in [0.1, 0.15) is 25.0 Å². The van der Waals surface area contributed by atoms with Gasteiger partial charge in [0.15, 0.2) is 5.82 Å². The van der Waals surface area contributed by atoms with Gasteiger partial charge in [-0.1, -0.05) is 18.9 Å². The average Bonchev–Trinajstić information content (AvgIpc) is 2.83. The minimum Gasteiger partial charge on any atom is -0.508 e. The van der Waals surface area contributed by atoms with E-state index in [4.69, 9.17) is 15.6 Å². The van der Waals surface area contributed by atoms with E-state index in [2.05, 4.69) is 29.7 Å². The number of aromatic hydroxyl groups is 1. The quantitative estimate of drug-likeness (QED) is 0.455. The third-order valence-electron chi connectivity index (χ3n) is 6.66. The first-order valence-corrected chi connectivity index (χ1v) is 10.8. The van der Waals surface area contributed by atoms with E-state index in [-0.39, 0.29) is 34.5 Å². The Labute approximate surface area is 194 Å². The fourth-order valence-corrected chi connectivity index (χ4v) is 4.59. The maximum absolute atomic E-state index is 14.6. The number of anilines is 1. The average molecular weight is 459 g/mol. The largest absolute Gasteiger partial charge is 0.508 e. The Balaban J connectivity index is 1.87. The molecule has 7 nitrogen and oxygen atoms in total. The Morgan fingerprint density at radius 1 is 1.26 bits per heavy atom. The summed E-state index contributed by atoms with van der Waals surface area (Å²) in [6.45, 7) is 6.66. The number of halogens is 1. The van der Waals surface area contributed by atoms with Crippen LogP contribution in [-0.4, -0.2) is 34.8 Å². The molecule has 0 saturated carbocycles. The Morgan fingerprint density at radius 3 is 2.68 bits per heavy atom. The molecule has 3 heterocycles. The highest BCUT2D eigenvalue weighted by Crippen LogP contribution is 2.40. The van der Waals surface area contributed by atoms with Crippen molar-refractivity contribution in [1.29, 1.82) is 0 Å². The van der Waals surface area contributed by atoms with E-state index in [0.29, 0.717) is 39.2 Å². The molecular formula is C26H22FN3O4. The molecule has 1 saturated heterocycles. The van der Waals surface area contributed by atoms with E-state index in [1.165, 1.54) is 31.4 Å². The molecular weight excluding hydrogens is 437 g/mol. The number of nitrogens with zero attached hydrogens (tertiary/aromatic N) is 3. The third-order valence-corrected chi connectivity index (χ3v) is 6.66. The van der Waals surface area contributed by atoms with Gasteiger partial charge in [0.1, 0.15) is 22.7 Å². The summed E-state index contributed by atoms with van der Waals surface area (Å²) in [6, 6.07) is 5.92. The molecule has 2 aromatic carbocycles. The van der Waals surface area contributed by atoms with Gasteiger partial charge in [-0.3, -0.25) is 0 Å². The van der Waals surface area contributed by atoms with Crippen molar-refractivity contribution in [3.63, 3.8) is 0 Å². The summed E-state index contributed by atoms with van der Waals surface area (Å²) in [5, 5.41) is 11.5. The first kappa shape index (κ1) is 21.7.